The van der Waals surface area contributed by atoms with Crippen molar-refractivity contribution in [2.24, 2.45) is 16.7 Å². The number of hydrogen-bond acceptors (Lipinski definition) is 4. The van der Waals surface area contributed by atoms with Gasteiger partial charge in [0.2, 0.25) is 0 Å². The van der Waals surface area contributed by atoms with E-state index < -0.39 is 28.7 Å². The van der Waals surface area contributed by atoms with Crippen molar-refractivity contribution in [3.8, 4) is 0 Å². The van der Waals surface area contributed by atoms with E-state index in [1.54, 1.807) is 34.6 Å². The fourth-order valence-corrected chi connectivity index (χ4v) is 1.31. The minimum atomic E-state index is -0.999. The van der Waals surface area contributed by atoms with Gasteiger partial charge in [0.05, 0.1) is 25.6 Å². The Morgan fingerprint density at radius 1 is 1.17 bits per heavy atom. The van der Waals surface area contributed by atoms with Crippen LogP contribution in [0.25, 0.3) is 0 Å². The number of ether oxygens (including phenoxy) is 1. The minimum absolute atomic E-state index is 0.0822. The highest BCUT2D eigenvalue weighted by atomic mass is 16.5. The molecule has 0 aliphatic carbocycles. The Morgan fingerprint density at radius 3 is 2.00 bits per heavy atom. The first kappa shape index (κ1) is 16.9. The molecule has 0 bridgehead atoms. The number of aliphatic carboxylic acids is 1. The predicted octanol–water partition coefficient (Wildman–Crippen LogP) is 1.69. The van der Waals surface area contributed by atoms with Gasteiger partial charge in [-0.2, -0.15) is 0 Å². The summed E-state index contributed by atoms with van der Waals surface area (Å²) in [6.07, 6.45) is -0.152. The summed E-state index contributed by atoms with van der Waals surface area (Å²) >= 11 is 0. The van der Waals surface area contributed by atoms with E-state index in [9.17, 15) is 9.59 Å². The van der Waals surface area contributed by atoms with Crippen LogP contribution in [0.5, 0.6) is 0 Å². The summed E-state index contributed by atoms with van der Waals surface area (Å²) < 4.78 is 5.01. The van der Waals surface area contributed by atoms with E-state index in [2.05, 4.69) is 0 Å². The molecule has 1 atom stereocenters. The summed E-state index contributed by atoms with van der Waals surface area (Å²) in [4.78, 5) is 22.7. The van der Waals surface area contributed by atoms with Crippen LogP contribution in [0.2, 0.25) is 0 Å². The molecule has 0 radical (unpaired) electrons. The molecule has 0 heterocycles. The van der Waals surface area contributed by atoms with Crippen molar-refractivity contribution >= 4 is 11.9 Å². The molecule has 0 aromatic carbocycles. The molecule has 0 aromatic heterocycles. The Labute approximate surface area is 108 Å². The average molecular weight is 260 g/mol. The monoisotopic (exact) mass is 260 g/mol. The summed E-state index contributed by atoms with van der Waals surface area (Å²) in [5.74, 6) is -2.32. The Balaban J connectivity index is 4.42. The number of carboxylic acids is 1. The molecule has 0 amide bonds. The summed E-state index contributed by atoms with van der Waals surface area (Å²) in [5.41, 5.74) is -1.01. The van der Waals surface area contributed by atoms with E-state index >= 15 is 0 Å². The minimum Gasteiger partial charge on any atom is -0.481 e. The van der Waals surface area contributed by atoms with Crippen molar-refractivity contribution in [2.45, 2.75) is 41.0 Å². The van der Waals surface area contributed by atoms with Crippen molar-refractivity contribution in [3.05, 3.63) is 0 Å². The summed E-state index contributed by atoms with van der Waals surface area (Å²) in [6.45, 7) is 8.84. The number of aliphatic hydroxyl groups excluding tert-OH is 1. The lowest BCUT2D eigenvalue weighted by atomic mass is 9.79. The SMILES string of the molecule is CC(C)(CO)COC(=O)C[C@H](C(=O)O)C(C)(C)C. The first-order valence-electron chi connectivity index (χ1n) is 5.99. The molecule has 0 saturated heterocycles. The molecule has 18 heavy (non-hydrogen) atoms. The van der Waals surface area contributed by atoms with Gasteiger partial charge in [0.15, 0.2) is 0 Å². The maximum Gasteiger partial charge on any atom is 0.307 e. The van der Waals surface area contributed by atoms with E-state index in [0.29, 0.717) is 0 Å². The molecule has 2 N–H and O–H groups in total. The van der Waals surface area contributed by atoms with E-state index in [0.717, 1.165) is 0 Å². The molecule has 5 heteroatoms. The fourth-order valence-electron chi connectivity index (χ4n) is 1.31. The van der Waals surface area contributed by atoms with Crippen LogP contribution >= 0.6 is 0 Å². The second-order valence-corrected chi connectivity index (χ2v) is 6.44. The largest absolute Gasteiger partial charge is 0.481 e. The maximum absolute atomic E-state index is 11.6. The molecule has 0 unspecified atom stereocenters. The smallest absolute Gasteiger partial charge is 0.307 e. The van der Waals surface area contributed by atoms with Crippen LogP contribution < -0.4 is 0 Å². The lowest BCUT2D eigenvalue weighted by Gasteiger charge is -2.27. The number of rotatable bonds is 6. The highest BCUT2D eigenvalue weighted by Crippen LogP contribution is 2.29. The van der Waals surface area contributed by atoms with Crippen LogP contribution in [0, 0.1) is 16.7 Å². The van der Waals surface area contributed by atoms with Crippen molar-refractivity contribution < 1.29 is 24.5 Å². The molecule has 0 aromatic rings. The molecule has 0 aliphatic rings. The second-order valence-electron chi connectivity index (χ2n) is 6.44. The molecule has 0 saturated carbocycles. The Kier molecular flexibility index (Phi) is 5.80. The van der Waals surface area contributed by atoms with Gasteiger partial charge in [-0.25, -0.2) is 0 Å². The lowest BCUT2D eigenvalue weighted by molar-refractivity contribution is -0.157. The van der Waals surface area contributed by atoms with Gasteiger partial charge in [-0.05, 0) is 5.41 Å². The Morgan fingerprint density at radius 2 is 1.67 bits per heavy atom. The van der Waals surface area contributed by atoms with Crippen molar-refractivity contribution in [2.75, 3.05) is 13.2 Å². The van der Waals surface area contributed by atoms with E-state index in [-0.39, 0.29) is 19.6 Å². The van der Waals surface area contributed by atoms with Crippen LogP contribution in [0.4, 0.5) is 0 Å². The van der Waals surface area contributed by atoms with Crippen molar-refractivity contribution in [1.29, 1.82) is 0 Å². The number of carbonyl (C=O) groups excluding carboxylic acids is 1. The first-order chi connectivity index (χ1) is 7.99. The lowest BCUT2D eigenvalue weighted by Crippen LogP contribution is -2.32. The normalized spacial score (nSPS) is 14.1. The maximum atomic E-state index is 11.6. The van der Waals surface area contributed by atoms with Gasteiger partial charge in [0.25, 0.3) is 0 Å². The average Bonchev–Trinajstić information content (AvgIpc) is 2.21. The van der Waals surface area contributed by atoms with Crippen molar-refractivity contribution in [1.82, 2.24) is 0 Å². The Hall–Kier alpha value is -1.10. The third kappa shape index (κ3) is 6.00. The van der Waals surface area contributed by atoms with Gasteiger partial charge >= 0.3 is 11.9 Å². The standard InChI is InChI=1S/C13H24O5/c1-12(2,3)9(11(16)17)6-10(15)18-8-13(4,5)7-14/h9,14H,6-8H2,1-5H3,(H,16,17)/t9-/m1/s1. The van der Waals surface area contributed by atoms with Gasteiger partial charge in [-0.1, -0.05) is 34.6 Å². The zero-order valence-corrected chi connectivity index (χ0v) is 11.8. The number of aliphatic hydroxyl groups is 1. The topological polar surface area (TPSA) is 83.8 Å². The Bertz CT molecular complexity index is 301. The van der Waals surface area contributed by atoms with Crippen LogP contribution in [-0.2, 0) is 14.3 Å². The molecule has 106 valence electrons. The molecular weight excluding hydrogens is 236 g/mol. The third-order valence-corrected chi connectivity index (χ3v) is 2.77. The van der Waals surface area contributed by atoms with Gasteiger partial charge in [0, 0.05) is 5.41 Å². The number of carboxylic acid groups (broad SMARTS) is 1. The summed E-state index contributed by atoms with van der Waals surface area (Å²) in [7, 11) is 0. The molecule has 0 fully saturated rings. The van der Waals surface area contributed by atoms with E-state index in [4.69, 9.17) is 14.9 Å². The van der Waals surface area contributed by atoms with E-state index in [1.807, 2.05) is 0 Å². The fraction of sp³-hybridized carbons (Fsp3) is 0.846. The first-order valence-corrected chi connectivity index (χ1v) is 5.99. The zero-order valence-electron chi connectivity index (χ0n) is 11.8. The van der Waals surface area contributed by atoms with Gasteiger partial charge in [0.1, 0.15) is 0 Å². The number of carbonyl (C=O) groups is 2. The highest BCUT2D eigenvalue weighted by Gasteiger charge is 2.34. The highest BCUT2D eigenvalue weighted by molar-refractivity contribution is 5.79. The van der Waals surface area contributed by atoms with Crippen molar-refractivity contribution in [3.63, 3.8) is 0 Å². The van der Waals surface area contributed by atoms with E-state index in [1.165, 1.54) is 0 Å². The zero-order chi connectivity index (χ0) is 14.6. The molecule has 0 aliphatic heterocycles. The van der Waals surface area contributed by atoms with Gasteiger partial charge < -0.3 is 14.9 Å². The predicted molar refractivity (Wildman–Crippen MR) is 67.0 cm³/mol. The quantitative estimate of drug-likeness (QED) is 0.710. The molecule has 0 spiro atoms. The van der Waals surface area contributed by atoms with Crippen LogP contribution in [0.3, 0.4) is 0 Å². The van der Waals surface area contributed by atoms with Crippen LogP contribution in [0.1, 0.15) is 41.0 Å². The van der Waals surface area contributed by atoms with Gasteiger partial charge in [-0.15, -0.1) is 0 Å². The summed E-state index contributed by atoms with van der Waals surface area (Å²) in [5, 5.41) is 18.1. The molecule has 0 rings (SSSR count). The molecule has 5 nitrogen and oxygen atoms in total. The second kappa shape index (κ2) is 6.18. The molecular formula is C13H24O5. The number of hydrogen-bond donors (Lipinski definition) is 2. The van der Waals surface area contributed by atoms with Crippen LogP contribution in [-0.4, -0.2) is 35.4 Å². The summed E-state index contributed by atoms with van der Waals surface area (Å²) in [6, 6.07) is 0. The van der Waals surface area contributed by atoms with Gasteiger partial charge in [-0.3, -0.25) is 9.59 Å². The third-order valence-electron chi connectivity index (χ3n) is 2.77. The number of esters is 1. The van der Waals surface area contributed by atoms with Crippen LogP contribution in [0.15, 0.2) is 0 Å².